The van der Waals surface area contributed by atoms with Crippen molar-refractivity contribution in [2.75, 3.05) is 56.5 Å². The van der Waals surface area contributed by atoms with Gasteiger partial charge in [0.05, 0.1) is 37.0 Å². The molecule has 0 amide bonds. The zero-order valence-corrected chi connectivity index (χ0v) is 23.6. The predicted molar refractivity (Wildman–Crippen MR) is 152 cm³/mol. The molecule has 2 rings (SSSR count). The maximum Gasteiger partial charge on any atom is 0.142 e. The van der Waals surface area contributed by atoms with Gasteiger partial charge in [-0.1, -0.05) is 37.3 Å². The number of aromatic nitrogens is 1. The van der Waals surface area contributed by atoms with Crippen molar-refractivity contribution >= 4 is 64.5 Å². The van der Waals surface area contributed by atoms with E-state index in [-0.39, 0.29) is 0 Å². The van der Waals surface area contributed by atoms with Crippen molar-refractivity contribution in [3.05, 3.63) is 46.1 Å². The molecule has 9 heteroatoms. The molecule has 0 aliphatic heterocycles. The number of thioether (sulfide) groups is 2. The second-order valence-corrected chi connectivity index (χ2v) is 10.3. The summed E-state index contributed by atoms with van der Waals surface area (Å²) in [4.78, 5) is 9.06. The molecule has 0 saturated carbocycles. The Morgan fingerprint density at radius 2 is 1.74 bits per heavy atom. The molecule has 34 heavy (non-hydrogen) atoms. The molecule has 0 fully saturated rings. The molecule has 0 N–H and O–H groups in total. The predicted octanol–water partition coefficient (Wildman–Crippen LogP) is 6.62. The van der Waals surface area contributed by atoms with Crippen LogP contribution in [0.1, 0.15) is 18.9 Å². The summed E-state index contributed by atoms with van der Waals surface area (Å²) in [6.07, 6.45) is 2.83. The van der Waals surface area contributed by atoms with E-state index in [1.54, 1.807) is 7.11 Å². The number of hydrogen-bond acceptors (Lipinski definition) is 7. The molecule has 1 aromatic carbocycles. The topological polar surface area (TPSA) is 49.7 Å². The van der Waals surface area contributed by atoms with Gasteiger partial charge in [0.1, 0.15) is 16.7 Å². The number of aldehydes is 1. The lowest BCUT2D eigenvalue weighted by Gasteiger charge is -2.16. The van der Waals surface area contributed by atoms with Crippen LogP contribution in [-0.2, 0) is 20.8 Å². The third-order valence-corrected chi connectivity index (χ3v) is 7.46. The number of benzene rings is 1. The Labute approximate surface area is 222 Å². The first-order chi connectivity index (χ1) is 16.5. The van der Waals surface area contributed by atoms with Crippen molar-refractivity contribution < 1.29 is 19.0 Å². The van der Waals surface area contributed by atoms with Gasteiger partial charge in [-0.2, -0.15) is 23.5 Å². The molecule has 0 bridgehead atoms. The lowest BCUT2D eigenvalue weighted by atomic mass is 10.1. The Hall–Kier alpha value is -1.03. The fourth-order valence-corrected chi connectivity index (χ4v) is 4.91. The summed E-state index contributed by atoms with van der Waals surface area (Å²) < 4.78 is 19.5. The smallest absolute Gasteiger partial charge is 0.142 e. The van der Waals surface area contributed by atoms with E-state index in [2.05, 4.69) is 30.2 Å². The van der Waals surface area contributed by atoms with Crippen LogP contribution in [0, 0.1) is 11.6 Å². The van der Waals surface area contributed by atoms with Gasteiger partial charge in [-0.15, -0.1) is 0 Å². The van der Waals surface area contributed by atoms with Gasteiger partial charge >= 0.3 is 0 Å². The molecule has 0 aliphatic carbocycles. The van der Waals surface area contributed by atoms with Crippen molar-refractivity contribution in [2.24, 2.45) is 0 Å². The Balaban J connectivity index is 0.00000133. The SMILES string of the molecule is C=CC=O.CCCn1c(=S)c(Cl)c(C)c2ccc(OCCSCCOCCSCCOC)cc21. The maximum atomic E-state index is 9.06. The number of rotatable bonds is 16. The molecule has 2 aromatic rings. The summed E-state index contributed by atoms with van der Waals surface area (Å²) in [5, 5.41) is 1.80. The van der Waals surface area contributed by atoms with Crippen LogP contribution in [0.2, 0.25) is 5.02 Å². The number of pyridine rings is 1. The Morgan fingerprint density at radius 3 is 2.32 bits per heavy atom. The minimum absolute atomic E-state index is 0.639. The third-order valence-electron chi connectivity index (χ3n) is 4.64. The average Bonchev–Trinajstić information content (AvgIpc) is 2.86. The molecule has 190 valence electrons. The van der Waals surface area contributed by atoms with Crippen LogP contribution in [0.3, 0.4) is 0 Å². The number of hydrogen-bond donors (Lipinski definition) is 0. The summed E-state index contributed by atoms with van der Waals surface area (Å²) in [5.41, 5.74) is 2.12. The fourth-order valence-electron chi connectivity index (χ4n) is 3.00. The van der Waals surface area contributed by atoms with Crippen LogP contribution in [0.15, 0.2) is 30.9 Å². The number of carbonyl (C=O) groups is 1. The highest BCUT2D eigenvalue weighted by atomic mass is 35.5. The van der Waals surface area contributed by atoms with Gasteiger partial charge in [0.25, 0.3) is 0 Å². The lowest BCUT2D eigenvalue weighted by molar-refractivity contribution is -0.104. The number of halogens is 1. The van der Waals surface area contributed by atoms with Crippen LogP contribution in [0.4, 0.5) is 0 Å². The standard InChI is InChI=1S/C22H32ClNO3S3.C3H4O/c1-4-7-24-20-16-18(5-6-19(20)17(2)21(23)22(24)28)27-11-15-30-14-10-26-9-13-29-12-8-25-3;1-2-3-4/h5-6,16H,4,7-15H2,1-3H3;2-3H,1H2. The number of carbonyl (C=O) groups excluding carboxylic acids is 1. The minimum atomic E-state index is 0.639. The average molecular weight is 546 g/mol. The summed E-state index contributed by atoms with van der Waals surface area (Å²) in [7, 11) is 1.73. The van der Waals surface area contributed by atoms with E-state index >= 15 is 0 Å². The van der Waals surface area contributed by atoms with Crippen LogP contribution in [0.25, 0.3) is 10.9 Å². The van der Waals surface area contributed by atoms with E-state index in [1.165, 1.54) is 6.08 Å². The fraction of sp³-hybridized carbons (Fsp3) is 0.520. The molecule has 0 saturated heterocycles. The Morgan fingerprint density at radius 1 is 1.12 bits per heavy atom. The molecular weight excluding hydrogens is 510 g/mol. The second-order valence-electron chi connectivity index (χ2n) is 7.12. The summed E-state index contributed by atoms with van der Waals surface area (Å²) in [5.74, 6) is 4.84. The van der Waals surface area contributed by atoms with Crippen LogP contribution in [0.5, 0.6) is 5.75 Å². The van der Waals surface area contributed by atoms with E-state index < -0.39 is 0 Å². The number of fused-ring (bicyclic) bond motifs is 1. The van der Waals surface area contributed by atoms with Crippen molar-refractivity contribution in [1.82, 2.24) is 4.57 Å². The minimum Gasteiger partial charge on any atom is -0.493 e. The molecule has 5 nitrogen and oxygen atoms in total. The van der Waals surface area contributed by atoms with E-state index in [1.807, 2.05) is 36.5 Å². The molecule has 0 aliphatic rings. The van der Waals surface area contributed by atoms with Crippen LogP contribution < -0.4 is 4.74 Å². The number of allylic oxidation sites excluding steroid dienone is 1. The Kier molecular flexibility index (Phi) is 17.5. The van der Waals surface area contributed by atoms with Gasteiger partial charge in [-0.05, 0) is 37.1 Å². The van der Waals surface area contributed by atoms with Gasteiger partial charge in [0, 0.05) is 48.1 Å². The van der Waals surface area contributed by atoms with Gasteiger partial charge in [-0.3, -0.25) is 4.79 Å². The highest BCUT2D eigenvalue weighted by Gasteiger charge is 2.11. The van der Waals surface area contributed by atoms with Crippen LogP contribution in [-0.4, -0.2) is 67.4 Å². The molecular formula is C25H36ClNO4S3. The number of methoxy groups -OCH3 is 1. The van der Waals surface area contributed by atoms with E-state index in [0.29, 0.717) is 22.6 Å². The summed E-state index contributed by atoms with van der Waals surface area (Å²) in [6, 6.07) is 6.18. The van der Waals surface area contributed by atoms with Crippen molar-refractivity contribution in [2.45, 2.75) is 26.8 Å². The summed E-state index contributed by atoms with van der Waals surface area (Å²) in [6.45, 7) is 11.2. The zero-order valence-electron chi connectivity index (χ0n) is 20.3. The molecule has 0 spiro atoms. The maximum absolute atomic E-state index is 9.06. The van der Waals surface area contributed by atoms with Crippen LogP contribution >= 0.6 is 47.3 Å². The highest BCUT2D eigenvalue weighted by Crippen LogP contribution is 2.30. The lowest BCUT2D eigenvalue weighted by Crippen LogP contribution is -2.06. The second kappa shape index (κ2) is 19.2. The molecule has 0 radical (unpaired) electrons. The monoisotopic (exact) mass is 545 g/mol. The largest absolute Gasteiger partial charge is 0.493 e. The molecule has 0 unspecified atom stereocenters. The highest BCUT2D eigenvalue weighted by molar-refractivity contribution is 7.99. The van der Waals surface area contributed by atoms with Crippen molar-refractivity contribution in [1.29, 1.82) is 0 Å². The normalized spacial score (nSPS) is 10.6. The molecule has 0 atom stereocenters. The van der Waals surface area contributed by atoms with Crippen molar-refractivity contribution in [3.63, 3.8) is 0 Å². The third kappa shape index (κ3) is 11.1. The quantitative estimate of drug-likeness (QED) is 0.102. The van der Waals surface area contributed by atoms with E-state index in [9.17, 15) is 0 Å². The molecule has 1 aromatic heterocycles. The first-order valence-electron chi connectivity index (χ1n) is 11.3. The number of ether oxygens (including phenoxy) is 3. The zero-order chi connectivity index (χ0) is 25.2. The number of aryl methyl sites for hydroxylation is 2. The van der Waals surface area contributed by atoms with Gasteiger partial charge < -0.3 is 18.8 Å². The Bertz CT molecular complexity index is 930. The van der Waals surface area contributed by atoms with Gasteiger partial charge in [0.2, 0.25) is 0 Å². The van der Waals surface area contributed by atoms with E-state index in [4.69, 9.17) is 42.8 Å². The summed E-state index contributed by atoms with van der Waals surface area (Å²) >= 11 is 15.7. The van der Waals surface area contributed by atoms with Crippen molar-refractivity contribution in [3.8, 4) is 5.75 Å². The first-order valence-corrected chi connectivity index (χ1v) is 14.3. The number of nitrogens with zero attached hydrogens (tertiary/aromatic N) is 1. The van der Waals surface area contributed by atoms with Gasteiger partial charge in [0.15, 0.2) is 0 Å². The van der Waals surface area contributed by atoms with E-state index in [0.717, 1.165) is 78.0 Å². The first kappa shape index (κ1) is 31.0. The molecule has 1 heterocycles. The van der Waals surface area contributed by atoms with Gasteiger partial charge in [-0.25, -0.2) is 0 Å².